The van der Waals surface area contributed by atoms with Gasteiger partial charge >= 0.3 is 6.18 Å². The highest BCUT2D eigenvalue weighted by Crippen LogP contribution is 2.45. The van der Waals surface area contributed by atoms with Crippen LogP contribution in [-0.4, -0.2) is 49.4 Å². The van der Waals surface area contributed by atoms with Crippen molar-refractivity contribution in [2.45, 2.75) is 23.9 Å². The van der Waals surface area contributed by atoms with E-state index in [0.717, 1.165) is 17.8 Å². The summed E-state index contributed by atoms with van der Waals surface area (Å²) in [5, 5.41) is -0.404. The Morgan fingerprint density at radius 1 is 1.16 bits per heavy atom. The van der Waals surface area contributed by atoms with E-state index in [9.17, 15) is 26.4 Å². The number of sulfone groups is 1. The van der Waals surface area contributed by atoms with Crippen molar-refractivity contribution in [2.24, 2.45) is 4.99 Å². The first-order valence-corrected chi connectivity index (χ1v) is 12.3. The first kappa shape index (κ1) is 22.7. The van der Waals surface area contributed by atoms with Crippen LogP contribution in [0.2, 0.25) is 0 Å². The number of aliphatic imine (C=N–C) groups is 1. The maximum absolute atomic E-state index is 13.7. The molecule has 1 amide bonds. The summed E-state index contributed by atoms with van der Waals surface area (Å²) in [6.07, 6.45) is -4.69. The van der Waals surface area contributed by atoms with Crippen LogP contribution in [0.25, 0.3) is 0 Å². The normalized spacial score (nSPS) is 23.4. The standard InChI is InChI=1S/C21H19F3N2O4S2/c1-30-14-8-6-13(7-9-14)10-19(27)25-20-26(17-11-32(28,29)12-18(17)31-20)16-5-3-2-4-15(16)21(22,23)24/h2-9,17-18H,10-12H2,1H3/t17-,18-/m0/s1. The molecule has 170 valence electrons. The van der Waals surface area contributed by atoms with Gasteiger partial charge in [0.2, 0.25) is 0 Å². The summed E-state index contributed by atoms with van der Waals surface area (Å²) in [4.78, 5) is 18.0. The van der Waals surface area contributed by atoms with Crippen LogP contribution in [0.5, 0.6) is 5.75 Å². The van der Waals surface area contributed by atoms with Crippen LogP contribution in [0.1, 0.15) is 11.1 Å². The number of para-hydroxylation sites is 1. The first-order chi connectivity index (χ1) is 15.1. The van der Waals surface area contributed by atoms with Crippen LogP contribution in [0.4, 0.5) is 18.9 Å². The average molecular weight is 485 g/mol. The summed E-state index contributed by atoms with van der Waals surface area (Å²) >= 11 is 1.04. The Morgan fingerprint density at radius 2 is 1.84 bits per heavy atom. The Kier molecular flexibility index (Phi) is 5.97. The third kappa shape index (κ3) is 4.63. The van der Waals surface area contributed by atoms with Gasteiger partial charge in [-0.1, -0.05) is 36.0 Å². The van der Waals surface area contributed by atoms with Crippen molar-refractivity contribution < 1.29 is 31.1 Å². The van der Waals surface area contributed by atoms with Crippen LogP contribution in [0, 0.1) is 0 Å². The minimum absolute atomic E-state index is 0.0452. The molecule has 0 saturated carbocycles. The van der Waals surface area contributed by atoms with Crippen molar-refractivity contribution in [3.8, 4) is 5.75 Å². The fourth-order valence-corrected chi connectivity index (χ4v) is 7.76. The van der Waals surface area contributed by atoms with Crippen LogP contribution in [-0.2, 0) is 27.2 Å². The van der Waals surface area contributed by atoms with E-state index < -0.39 is 38.8 Å². The van der Waals surface area contributed by atoms with Gasteiger partial charge in [-0.05, 0) is 29.8 Å². The van der Waals surface area contributed by atoms with E-state index >= 15 is 0 Å². The fraction of sp³-hybridized carbons (Fsp3) is 0.333. The van der Waals surface area contributed by atoms with Gasteiger partial charge in [-0.25, -0.2) is 8.42 Å². The van der Waals surface area contributed by atoms with Crippen molar-refractivity contribution >= 4 is 38.4 Å². The van der Waals surface area contributed by atoms with E-state index in [1.807, 2.05) is 0 Å². The smallest absolute Gasteiger partial charge is 0.418 e. The second-order valence-electron chi connectivity index (χ2n) is 7.50. The Labute approximate surface area is 187 Å². The maximum Gasteiger partial charge on any atom is 0.418 e. The van der Waals surface area contributed by atoms with Gasteiger partial charge in [0.15, 0.2) is 15.0 Å². The molecular formula is C21H19F3N2O4S2. The molecule has 2 aromatic rings. The van der Waals surface area contributed by atoms with Crippen LogP contribution in [0.15, 0.2) is 53.5 Å². The molecule has 0 bridgehead atoms. The van der Waals surface area contributed by atoms with E-state index in [2.05, 4.69) is 4.99 Å². The van der Waals surface area contributed by atoms with Crippen molar-refractivity contribution in [3.05, 3.63) is 59.7 Å². The number of methoxy groups -OCH3 is 1. The second-order valence-corrected chi connectivity index (χ2v) is 10.9. The summed E-state index contributed by atoms with van der Waals surface area (Å²) in [7, 11) is -1.88. The summed E-state index contributed by atoms with van der Waals surface area (Å²) in [6.45, 7) is 0. The van der Waals surface area contributed by atoms with Gasteiger partial charge in [0.05, 0.1) is 42.3 Å². The highest BCUT2D eigenvalue weighted by atomic mass is 32.2. The average Bonchev–Trinajstić information content (AvgIpc) is 3.18. The van der Waals surface area contributed by atoms with Crippen LogP contribution < -0.4 is 9.64 Å². The molecule has 0 aromatic heterocycles. The van der Waals surface area contributed by atoms with Crippen molar-refractivity contribution in [3.63, 3.8) is 0 Å². The van der Waals surface area contributed by atoms with Crippen LogP contribution >= 0.6 is 11.8 Å². The molecule has 2 atom stereocenters. The summed E-state index contributed by atoms with van der Waals surface area (Å²) in [5.74, 6) is -0.362. The van der Waals surface area contributed by atoms with Gasteiger partial charge in [-0.15, -0.1) is 0 Å². The number of amides is 1. The van der Waals surface area contributed by atoms with E-state index in [4.69, 9.17) is 4.74 Å². The Morgan fingerprint density at radius 3 is 2.50 bits per heavy atom. The molecule has 2 saturated heterocycles. The molecule has 2 aromatic carbocycles. The number of ether oxygens (including phenoxy) is 1. The molecule has 0 unspecified atom stereocenters. The number of carbonyl (C=O) groups excluding carboxylic acids is 1. The van der Waals surface area contributed by atoms with E-state index in [-0.39, 0.29) is 28.8 Å². The number of anilines is 1. The number of amidine groups is 1. The number of benzene rings is 2. The van der Waals surface area contributed by atoms with Gasteiger partial charge in [-0.2, -0.15) is 18.2 Å². The lowest BCUT2D eigenvalue weighted by molar-refractivity contribution is -0.137. The number of thioether (sulfide) groups is 1. The number of carbonyl (C=O) groups is 1. The molecule has 11 heteroatoms. The Balaban J connectivity index is 1.69. The lowest BCUT2D eigenvalue weighted by Gasteiger charge is -2.27. The third-order valence-electron chi connectivity index (χ3n) is 5.27. The number of rotatable bonds is 4. The van der Waals surface area contributed by atoms with E-state index in [0.29, 0.717) is 11.3 Å². The Hall–Kier alpha value is -2.53. The predicted octanol–water partition coefficient (Wildman–Crippen LogP) is 3.56. The first-order valence-electron chi connectivity index (χ1n) is 9.64. The molecule has 2 heterocycles. The number of fused-ring (bicyclic) bond motifs is 1. The highest BCUT2D eigenvalue weighted by Gasteiger charge is 2.51. The zero-order valence-electron chi connectivity index (χ0n) is 16.9. The third-order valence-corrected chi connectivity index (χ3v) is 8.48. The molecule has 0 spiro atoms. The van der Waals surface area contributed by atoms with Gasteiger partial charge in [0, 0.05) is 5.25 Å². The highest BCUT2D eigenvalue weighted by molar-refractivity contribution is 8.16. The SMILES string of the molecule is COc1ccc(CC(=O)N=C2S[C@H]3CS(=O)(=O)C[C@@H]3N2c2ccccc2C(F)(F)F)cc1. The predicted molar refractivity (Wildman–Crippen MR) is 117 cm³/mol. The van der Waals surface area contributed by atoms with Gasteiger partial charge < -0.3 is 9.64 Å². The number of halogens is 3. The summed E-state index contributed by atoms with van der Waals surface area (Å²) < 4.78 is 70.4. The van der Waals surface area contributed by atoms with E-state index in [1.165, 1.54) is 30.2 Å². The van der Waals surface area contributed by atoms with Gasteiger partial charge in [0.25, 0.3) is 5.91 Å². The zero-order valence-corrected chi connectivity index (χ0v) is 18.5. The second kappa shape index (κ2) is 8.43. The van der Waals surface area contributed by atoms with Crippen molar-refractivity contribution in [1.82, 2.24) is 0 Å². The quantitative estimate of drug-likeness (QED) is 0.661. The molecule has 32 heavy (non-hydrogen) atoms. The minimum Gasteiger partial charge on any atom is -0.497 e. The number of hydrogen-bond donors (Lipinski definition) is 0. The lowest BCUT2D eigenvalue weighted by atomic mass is 10.1. The number of nitrogens with zero attached hydrogens (tertiary/aromatic N) is 2. The fourth-order valence-electron chi connectivity index (χ4n) is 3.83. The van der Waals surface area contributed by atoms with Crippen LogP contribution in [0.3, 0.4) is 0 Å². The zero-order chi connectivity index (χ0) is 23.1. The monoisotopic (exact) mass is 484 g/mol. The van der Waals surface area contributed by atoms with Gasteiger partial charge in [-0.3, -0.25) is 4.79 Å². The number of hydrogen-bond acceptors (Lipinski definition) is 5. The molecule has 4 rings (SSSR count). The minimum atomic E-state index is -4.64. The van der Waals surface area contributed by atoms with Crippen molar-refractivity contribution in [1.29, 1.82) is 0 Å². The summed E-state index contributed by atoms with van der Waals surface area (Å²) in [6, 6.07) is 11.0. The lowest BCUT2D eigenvalue weighted by Crippen LogP contribution is -2.39. The molecule has 2 fully saturated rings. The van der Waals surface area contributed by atoms with Crippen molar-refractivity contribution in [2.75, 3.05) is 23.5 Å². The molecule has 0 N–H and O–H groups in total. The molecule has 0 aliphatic carbocycles. The number of alkyl halides is 3. The molecular weight excluding hydrogens is 465 g/mol. The molecule has 6 nitrogen and oxygen atoms in total. The molecule has 0 radical (unpaired) electrons. The summed E-state index contributed by atoms with van der Waals surface area (Å²) in [5.41, 5.74) is -0.429. The van der Waals surface area contributed by atoms with E-state index in [1.54, 1.807) is 24.3 Å². The van der Waals surface area contributed by atoms with Gasteiger partial charge in [0.1, 0.15) is 5.75 Å². The Bertz CT molecular complexity index is 1160. The largest absolute Gasteiger partial charge is 0.497 e. The maximum atomic E-state index is 13.7. The molecule has 2 aliphatic rings. The topological polar surface area (TPSA) is 76.0 Å². The molecule has 2 aliphatic heterocycles.